The maximum absolute atomic E-state index is 13.7. The van der Waals surface area contributed by atoms with E-state index in [0.717, 1.165) is 5.56 Å². The average Bonchev–Trinajstić information content (AvgIpc) is 2.41. The minimum Gasteiger partial charge on any atom is -0.326 e. The Bertz CT molecular complexity index is 628. The van der Waals surface area contributed by atoms with Crippen molar-refractivity contribution in [1.82, 2.24) is 0 Å². The molecule has 0 radical (unpaired) electrons. The maximum atomic E-state index is 13.7. The van der Waals surface area contributed by atoms with Crippen molar-refractivity contribution in [1.29, 1.82) is 0 Å². The lowest BCUT2D eigenvalue weighted by Crippen LogP contribution is -2.20. The van der Waals surface area contributed by atoms with E-state index in [1.165, 1.54) is 12.1 Å². The van der Waals surface area contributed by atoms with E-state index in [-0.39, 0.29) is 12.2 Å². The van der Waals surface area contributed by atoms with Gasteiger partial charge in [-0.15, -0.1) is 0 Å². The molecule has 0 aromatic heterocycles. The van der Waals surface area contributed by atoms with E-state index < -0.39 is 11.8 Å². The number of aryl methyl sites for hydroxylation is 1. The highest BCUT2D eigenvalue weighted by Gasteiger charge is 2.07. The number of hydrogen-bond acceptors (Lipinski definition) is 2. The van der Waals surface area contributed by atoms with E-state index in [4.69, 9.17) is 5.73 Å². The van der Waals surface area contributed by atoms with Gasteiger partial charge >= 0.3 is 6.03 Å². The van der Waals surface area contributed by atoms with Gasteiger partial charge in [0.05, 0.1) is 5.69 Å². The van der Waals surface area contributed by atoms with Crippen LogP contribution < -0.4 is 16.4 Å². The zero-order valence-corrected chi connectivity index (χ0v) is 11.1. The van der Waals surface area contributed by atoms with E-state index >= 15 is 0 Å². The number of nitrogens with one attached hydrogen (secondary N) is 2. The van der Waals surface area contributed by atoms with Gasteiger partial charge in [-0.2, -0.15) is 0 Å². The van der Waals surface area contributed by atoms with Crippen LogP contribution in [0.1, 0.15) is 11.1 Å². The topological polar surface area (TPSA) is 67.2 Å². The first-order valence-corrected chi connectivity index (χ1v) is 6.21. The Morgan fingerprint density at radius 1 is 1.20 bits per heavy atom. The standard InChI is InChI=1S/C15H16FN3O/c1-10-3-2-4-12(7-10)18-15(20)19-14-6-5-11(9-17)8-13(14)16/h2-8H,9,17H2,1H3,(H2,18,19,20). The molecule has 20 heavy (non-hydrogen) atoms. The third-order valence-corrected chi connectivity index (χ3v) is 2.79. The highest BCUT2D eigenvalue weighted by Crippen LogP contribution is 2.16. The van der Waals surface area contributed by atoms with E-state index in [1.54, 1.807) is 12.1 Å². The molecule has 5 heteroatoms. The molecule has 0 aliphatic rings. The van der Waals surface area contributed by atoms with Crippen molar-refractivity contribution >= 4 is 17.4 Å². The van der Waals surface area contributed by atoms with Crippen LogP contribution in [-0.4, -0.2) is 6.03 Å². The van der Waals surface area contributed by atoms with Crippen LogP contribution in [0.3, 0.4) is 0 Å². The number of benzene rings is 2. The first-order chi connectivity index (χ1) is 9.58. The Morgan fingerprint density at radius 3 is 2.65 bits per heavy atom. The minimum atomic E-state index is -0.507. The molecule has 2 amide bonds. The van der Waals surface area contributed by atoms with Crippen molar-refractivity contribution < 1.29 is 9.18 Å². The van der Waals surface area contributed by atoms with Crippen LogP contribution in [0, 0.1) is 12.7 Å². The lowest BCUT2D eigenvalue weighted by atomic mass is 10.2. The molecule has 2 aromatic rings. The molecule has 0 aliphatic heterocycles. The second-order valence-electron chi connectivity index (χ2n) is 4.47. The van der Waals surface area contributed by atoms with Crippen LogP contribution in [0.15, 0.2) is 42.5 Å². The smallest absolute Gasteiger partial charge is 0.323 e. The van der Waals surface area contributed by atoms with Crippen LogP contribution in [0.5, 0.6) is 0 Å². The second kappa shape index (κ2) is 6.16. The van der Waals surface area contributed by atoms with Gasteiger partial charge in [-0.25, -0.2) is 9.18 Å². The number of rotatable bonds is 3. The summed E-state index contributed by atoms with van der Waals surface area (Å²) in [7, 11) is 0. The van der Waals surface area contributed by atoms with Crippen LogP contribution >= 0.6 is 0 Å². The third-order valence-electron chi connectivity index (χ3n) is 2.79. The quantitative estimate of drug-likeness (QED) is 0.803. The van der Waals surface area contributed by atoms with Crippen molar-refractivity contribution in [2.45, 2.75) is 13.5 Å². The second-order valence-corrected chi connectivity index (χ2v) is 4.47. The fourth-order valence-corrected chi connectivity index (χ4v) is 1.79. The normalized spacial score (nSPS) is 10.2. The van der Waals surface area contributed by atoms with E-state index in [2.05, 4.69) is 10.6 Å². The highest BCUT2D eigenvalue weighted by atomic mass is 19.1. The molecule has 0 saturated carbocycles. The molecular weight excluding hydrogens is 257 g/mol. The molecular formula is C15H16FN3O. The number of carbonyl (C=O) groups is 1. The molecule has 0 saturated heterocycles. The number of halogens is 1. The summed E-state index contributed by atoms with van der Waals surface area (Å²) in [5, 5.41) is 5.11. The molecule has 104 valence electrons. The Labute approximate surface area is 116 Å². The van der Waals surface area contributed by atoms with Crippen LogP contribution in [0.4, 0.5) is 20.6 Å². The summed E-state index contributed by atoms with van der Waals surface area (Å²) in [5.41, 5.74) is 7.89. The molecule has 0 aliphatic carbocycles. The summed E-state index contributed by atoms with van der Waals surface area (Å²) in [4.78, 5) is 11.8. The molecule has 4 nitrogen and oxygen atoms in total. The Balaban J connectivity index is 2.05. The van der Waals surface area contributed by atoms with E-state index in [9.17, 15) is 9.18 Å². The predicted molar refractivity (Wildman–Crippen MR) is 78.1 cm³/mol. The van der Waals surface area contributed by atoms with E-state index in [0.29, 0.717) is 11.3 Å². The van der Waals surface area contributed by atoms with Crippen LogP contribution in [0.2, 0.25) is 0 Å². The molecule has 0 heterocycles. The van der Waals surface area contributed by atoms with Crippen molar-refractivity contribution in [3.63, 3.8) is 0 Å². The Hall–Kier alpha value is -2.40. The molecule has 0 fully saturated rings. The Kier molecular flexibility index (Phi) is 4.32. The van der Waals surface area contributed by atoms with Crippen molar-refractivity contribution in [3.8, 4) is 0 Å². The number of carbonyl (C=O) groups excluding carboxylic acids is 1. The van der Waals surface area contributed by atoms with Crippen LogP contribution in [0.25, 0.3) is 0 Å². The summed E-state index contributed by atoms with van der Waals surface area (Å²) >= 11 is 0. The predicted octanol–water partition coefficient (Wildman–Crippen LogP) is 3.24. The van der Waals surface area contributed by atoms with Gasteiger partial charge in [-0.1, -0.05) is 18.2 Å². The summed E-state index contributed by atoms with van der Waals surface area (Å²) in [6, 6.07) is 11.3. The van der Waals surface area contributed by atoms with Crippen molar-refractivity contribution in [2.75, 3.05) is 10.6 Å². The van der Waals surface area contributed by atoms with Gasteiger partial charge in [0.25, 0.3) is 0 Å². The summed E-state index contributed by atoms with van der Waals surface area (Å²) in [6.07, 6.45) is 0. The molecule has 0 bridgehead atoms. The molecule has 0 atom stereocenters. The van der Waals surface area contributed by atoms with Gasteiger partial charge in [0.1, 0.15) is 5.82 Å². The summed E-state index contributed by atoms with van der Waals surface area (Å²) in [6.45, 7) is 2.18. The molecule has 2 rings (SSSR count). The lowest BCUT2D eigenvalue weighted by Gasteiger charge is -2.09. The third kappa shape index (κ3) is 3.55. The van der Waals surface area contributed by atoms with Gasteiger partial charge in [0.15, 0.2) is 0 Å². The number of anilines is 2. The summed E-state index contributed by atoms with van der Waals surface area (Å²) < 4.78 is 13.7. The zero-order chi connectivity index (χ0) is 14.5. The minimum absolute atomic E-state index is 0.118. The Morgan fingerprint density at radius 2 is 2.00 bits per heavy atom. The molecule has 2 aromatic carbocycles. The average molecular weight is 273 g/mol. The maximum Gasteiger partial charge on any atom is 0.323 e. The highest BCUT2D eigenvalue weighted by molar-refractivity contribution is 5.99. The van der Waals surface area contributed by atoms with Gasteiger partial charge in [-0.05, 0) is 42.3 Å². The molecule has 0 unspecified atom stereocenters. The molecule has 0 spiro atoms. The first-order valence-electron chi connectivity index (χ1n) is 6.21. The van der Waals surface area contributed by atoms with Gasteiger partial charge in [-0.3, -0.25) is 0 Å². The zero-order valence-electron chi connectivity index (χ0n) is 11.1. The van der Waals surface area contributed by atoms with Gasteiger partial charge in [0, 0.05) is 12.2 Å². The number of urea groups is 1. The van der Waals surface area contributed by atoms with Gasteiger partial charge < -0.3 is 16.4 Å². The largest absolute Gasteiger partial charge is 0.326 e. The lowest BCUT2D eigenvalue weighted by molar-refractivity contribution is 0.262. The van der Waals surface area contributed by atoms with E-state index in [1.807, 2.05) is 25.1 Å². The van der Waals surface area contributed by atoms with Gasteiger partial charge in [0.2, 0.25) is 0 Å². The first kappa shape index (κ1) is 14.0. The van der Waals surface area contributed by atoms with Crippen LogP contribution in [-0.2, 0) is 6.54 Å². The number of amides is 2. The SMILES string of the molecule is Cc1cccc(NC(=O)Nc2ccc(CN)cc2F)c1. The fraction of sp³-hybridized carbons (Fsp3) is 0.133. The number of nitrogens with two attached hydrogens (primary N) is 1. The van der Waals surface area contributed by atoms with Crippen molar-refractivity contribution in [3.05, 3.63) is 59.4 Å². The molecule has 4 N–H and O–H groups in total. The number of hydrogen-bond donors (Lipinski definition) is 3. The monoisotopic (exact) mass is 273 g/mol. The van der Waals surface area contributed by atoms with Crippen molar-refractivity contribution in [2.24, 2.45) is 5.73 Å². The fourth-order valence-electron chi connectivity index (χ4n) is 1.79. The summed E-state index contributed by atoms with van der Waals surface area (Å²) in [5.74, 6) is -0.507.